The standard InChI is InChI=1S/C34H34NO4SSi/c1-3-39-34(36)28-18-16-27(17-19-28)22-29-23-35(40(37,38)31-20-14-26(2)15-21-31)24-30(29)25-41(32-10-6-4-7-11-32)33-12-8-5-9-13-33/h4-22,30H,3,23-25H2,1-2H3/b29-22+. The van der Waals surface area contributed by atoms with Gasteiger partial charge in [-0.25, -0.2) is 13.2 Å². The van der Waals surface area contributed by atoms with Crippen molar-refractivity contribution in [2.24, 2.45) is 5.92 Å². The van der Waals surface area contributed by atoms with Gasteiger partial charge in [0.2, 0.25) is 10.0 Å². The molecule has 1 fully saturated rings. The highest BCUT2D eigenvalue weighted by Crippen LogP contribution is 2.33. The van der Waals surface area contributed by atoms with Gasteiger partial charge in [0, 0.05) is 13.1 Å². The minimum atomic E-state index is -3.66. The maximum atomic E-state index is 13.8. The summed E-state index contributed by atoms with van der Waals surface area (Å²) in [7, 11) is -4.85. The summed E-state index contributed by atoms with van der Waals surface area (Å²) in [6, 6.07) is 36.4. The maximum Gasteiger partial charge on any atom is 0.338 e. The van der Waals surface area contributed by atoms with Crippen LogP contribution in [-0.4, -0.2) is 47.2 Å². The molecule has 1 aliphatic heterocycles. The maximum absolute atomic E-state index is 13.8. The smallest absolute Gasteiger partial charge is 0.338 e. The van der Waals surface area contributed by atoms with Crippen molar-refractivity contribution < 1.29 is 17.9 Å². The monoisotopic (exact) mass is 580 g/mol. The molecule has 1 saturated heterocycles. The van der Waals surface area contributed by atoms with Crippen LogP contribution in [0.4, 0.5) is 0 Å². The van der Waals surface area contributed by atoms with E-state index in [4.69, 9.17) is 4.74 Å². The van der Waals surface area contributed by atoms with Crippen molar-refractivity contribution >= 4 is 41.2 Å². The SMILES string of the molecule is CCOC(=O)c1ccc(/C=C2\CN(S(=O)(=O)c3ccc(C)cc3)CC2C[Si](c2ccccc2)c2ccccc2)cc1. The van der Waals surface area contributed by atoms with Gasteiger partial charge in [-0.15, -0.1) is 0 Å². The summed E-state index contributed by atoms with van der Waals surface area (Å²) in [4.78, 5) is 12.5. The molecule has 0 aliphatic carbocycles. The van der Waals surface area contributed by atoms with Crippen LogP contribution in [0.15, 0.2) is 120 Å². The first-order valence-electron chi connectivity index (χ1n) is 13.9. The lowest BCUT2D eigenvalue weighted by atomic mass is 10.0. The van der Waals surface area contributed by atoms with Crippen molar-refractivity contribution in [3.63, 3.8) is 0 Å². The summed E-state index contributed by atoms with van der Waals surface area (Å²) < 4.78 is 34.2. The van der Waals surface area contributed by atoms with Gasteiger partial charge in [0.1, 0.15) is 8.80 Å². The molecular formula is C34H34NO4SSi. The van der Waals surface area contributed by atoms with Gasteiger partial charge in [-0.1, -0.05) is 113 Å². The van der Waals surface area contributed by atoms with E-state index in [0.29, 0.717) is 30.2 Å². The van der Waals surface area contributed by atoms with E-state index in [9.17, 15) is 13.2 Å². The van der Waals surface area contributed by atoms with Crippen LogP contribution in [0.5, 0.6) is 0 Å². The van der Waals surface area contributed by atoms with Gasteiger partial charge in [-0.3, -0.25) is 0 Å². The van der Waals surface area contributed by atoms with Crippen LogP contribution in [0.3, 0.4) is 0 Å². The number of sulfonamides is 1. The third-order valence-corrected chi connectivity index (χ3v) is 12.2. The Bertz CT molecular complexity index is 1560. The Morgan fingerprint density at radius 3 is 2.02 bits per heavy atom. The first-order chi connectivity index (χ1) is 19.8. The number of hydrogen-bond donors (Lipinski definition) is 0. The first-order valence-corrected chi connectivity index (χ1v) is 17.0. The van der Waals surface area contributed by atoms with Crippen molar-refractivity contribution in [1.29, 1.82) is 0 Å². The second-order valence-corrected chi connectivity index (χ2v) is 14.7. The predicted molar refractivity (Wildman–Crippen MR) is 167 cm³/mol. The number of esters is 1. The predicted octanol–water partition coefficient (Wildman–Crippen LogP) is 5.19. The fraction of sp³-hybridized carbons (Fsp3) is 0.206. The Morgan fingerprint density at radius 2 is 1.46 bits per heavy atom. The average molecular weight is 581 g/mol. The van der Waals surface area contributed by atoms with Gasteiger partial charge in [-0.05, 0) is 55.6 Å². The molecule has 1 aliphatic rings. The van der Waals surface area contributed by atoms with Crippen LogP contribution in [-0.2, 0) is 14.8 Å². The molecule has 1 heterocycles. The van der Waals surface area contributed by atoms with Gasteiger partial charge in [0.15, 0.2) is 0 Å². The van der Waals surface area contributed by atoms with Crippen LogP contribution in [0, 0.1) is 12.8 Å². The summed E-state index contributed by atoms with van der Waals surface area (Å²) >= 11 is 0. The first kappa shape index (κ1) is 28.7. The number of aryl methyl sites for hydroxylation is 1. The van der Waals surface area contributed by atoms with E-state index >= 15 is 0 Å². The van der Waals surface area contributed by atoms with E-state index < -0.39 is 18.8 Å². The average Bonchev–Trinajstić information content (AvgIpc) is 3.40. The number of rotatable bonds is 9. The molecule has 1 atom stereocenters. The molecule has 1 radical (unpaired) electrons. The molecule has 0 saturated carbocycles. The highest BCUT2D eigenvalue weighted by atomic mass is 32.2. The van der Waals surface area contributed by atoms with Crippen molar-refractivity contribution in [2.45, 2.75) is 24.8 Å². The van der Waals surface area contributed by atoms with Gasteiger partial charge in [0.25, 0.3) is 0 Å². The minimum absolute atomic E-state index is 0.0502. The van der Waals surface area contributed by atoms with E-state index in [2.05, 4.69) is 54.6 Å². The summed E-state index contributed by atoms with van der Waals surface area (Å²) in [5.74, 6) is -0.298. The molecular weight excluding hydrogens is 547 g/mol. The topological polar surface area (TPSA) is 63.7 Å². The Hall–Kier alpha value is -3.78. The number of carbonyl (C=O) groups excluding carboxylic acids is 1. The van der Waals surface area contributed by atoms with Crippen molar-refractivity contribution in [1.82, 2.24) is 4.31 Å². The zero-order valence-electron chi connectivity index (χ0n) is 23.4. The van der Waals surface area contributed by atoms with Gasteiger partial charge in [0.05, 0.1) is 17.1 Å². The Labute approximate surface area is 244 Å². The van der Waals surface area contributed by atoms with Crippen LogP contribution >= 0.6 is 0 Å². The lowest BCUT2D eigenvalue weighted by molar-refractivity contribution is 0.0526. The van der Waals surface area contributed by atoms with Crippen LogP contribution in [0.1, 0.15) is 28.4 Å². The zero-order valence-corrected chi connectivity index (χ0v) is 25.2. The summed E-state index contributed by atoms with van der Waals surface area (Å²) in [5, 5.41) is 2.61. The van der Waals surface area contributed by atoms with Crippen LogP contribution in [0.2, 0.25) is 6.04 Å². The highest BCUT2D eigenvalue weighted by molar-refractivity contribution is 7.89. The fourth-order valence-corrected chi connectivity index (χ4v) is 9.59. The summed E-state index contributed by atoms with van der Waals surface area (Å²) in [5.41, 5.74) is 3.53. The number of nitrogens with zero attached hydrogens (tertiary/aromatic N) is 1. The largest absolute Gasteiger partial charge is 0.462 e. The van der Waals surface area contributed by atoms with E-state index in [1.165, 1.54) is 10.4 Å². The number of hydrogen-bond acceptors (Lipinski definition) is 4. The zero-order chi connectivity index (χ0) is 28.8. The van der Waals surface area contributed by atoms with Gasteiger partial charge >= 0.3 is 5.97 Å². The normalized spacial score (nSPS) is 16.8. The Morgan fingerprint density at radius 1 is 0.878 bits per heavy atom. The second-order valence-electron chi connectivity index (χ2n) is 10.3. The lowest BCUT2D eigenvalue weighted by Gasteiger charge is -2.21. The number of carbonyl (C=O) groups is 1. The molecule has 0 amide bonds. The van der Waals surface area contributed by atoms with Crippen molar-refractivity contribution in [3.8, 4) is 0 Å². The lowest BCUT2D eigenvalue weighted by Crippen LogP contribution is -2.43. The molecule has 0 N–H and O–H groups in total. The quantitative estimate of drug-likeness (QED) is 0.202. The van der Waals surface area contributed by atoms with E-state index in [0.717, 1.165) is 22.7 Å². The van der Waals surface area contributed by atoms with Crippen LogP contribution < -0.4 is 10.4 Å². The van der Waals surface area contributed by atoms with E-state index in [-0.39, 0.29) is 11.9 Å². The second kappa shape index (κ2) is 12.8. The Balaban J connectivity index is 1.50. The third kappa shape index (κ3) is 6.76. The number of ether oxygens (including phenoxy) is 1. The highest BCUT2D eigenvalue weighted by Gasteiger charge is 2.37. The molecule has 0 spiro atoms. The van der Waals surface area contributed by atoms with E-state index in [1.807, 2.05) is 43.3 Å². The molecule has 209 valence electrons. The van der Waals surface area contributed by atoms with Crippen molar-refractivity contribution in [3.05, 3.63) is 131 Å². The molecule has 1 unspecified atom stereocenters. The molecule has 7 heteroatoms. The molecule has 5 rings (SSSR count). The van der Waals surface area contributed by atoms with Gasteiger partial charge in [-0.2, -0.15) is 4.31 Å². The molecule has 4 aromatic rings. The van der Waals surface area contributed by atoms with Gasteiger partial charge < -0.3 is 4.74 Å². The summed E-state index contributed by atoms with van der Waals surface area (Å²) in [6.07, 6.45) is 2.10. The minimum Gasteiger partial charge on any atom is -0.462 e. The molecule has 41 heavy (non-hydrogen) atoms. The van der Waals surface area contributed by atoms with E-state index in [1.54, 1.807) is 35.5 Å². The third-order valence-electron chi connectivity index (χ3n) is 7.43. The molecule has 0 aromatic heterocycles. The Kier molecular flexibility index (Phi) is 8.98. The molecule has 4 aromatic carbocycles. The molecule has 0 bridgehead atoms. The fourth-order valence-electron chi connectivity index (χ4n) is 5.23. The van der Waals surface area contributed by atoms with Crippen molar-refractivity contribution in [2.75, 3.05) is 19.7 Å². The molecule has 5 nitrogen and oxygen atoms in total. The number of benzene rings is 4. The van der Waals surface area contributed by atoms with Crippen LogP contribution in [0.25, 0.3) is 6.08 Å². The summed E-state index contributed by atoms with van der Waals surface area (Å²) in [6.45, 7) is 4.82.